The van der Waals surface area contributed by atoms with Crippen molar-refractivity contribution in [2.45, 2.75) is 20.0 Å². The van der Waals surface area contributed by atoms with Gasteiger partial charge in [-0.2, -0.15) is 0 Å². The van der Waals surface area contributed by atoms with Crippen molar-refractivity contribution in [1.82, 2.24) is 0 Å². The van der Waals surface area contributed by atoms with Gasteiger partial charge in [-0.05, 0) is 54.3 Å². The molecule has 0 bridgehead atoms. The lowest BCUT2D eigenvalue weighted by molar-refractivity contribution is -0.131. The molecule has 0 saturated heterocycles. The van der Waals surface area contributed by atoms with Crippen molar-refractivity contribution >= 4 is 11.5 Å². The van der Waals surface area contributed by atoms with Crippen molar-refractivity contribution in [3.63, 3.8) is 0 Å². The molecule has 0 aromatic heterocycles. The summed E-state index contributed by atoms with van der Waals surface area (Å²) in [5.41, 5.74) is 1.65. The molecule has 0 atom stereocenters. The topological polar surface area (TPSA) is 66.8 Å². The number of hydrogen-bond acceptors (Lipinski definition) is 3. The Hall–Kier alpha value is -2.73. The van der Waals surface area contributed by atoms with Crippen molar-refractivity contribution in [3.8, 4) is 5.75 Å². The van der Waals surface area contributed by atoms with Gasteiger partial charge in [0.1, 0.15) is 24.0 Å². The van der Waals surface area contributed by atoms with Gasteiger partial charge in [0.05, 0.1) is 5.56 Å². The van der Waals surface area contributed by atoms with Gasteiger partial charge in [0.2, 0.25) is 0 Å². The van der Waals surface area contributed by atoms with Gasteiger partial charge in [0.15, 0.2) is 0 Å². The van der Waals surface area contributed by atoms with Gasteiger partial charge in [0.25, 0.3) is 0 Å². The summed E-state index contributed by atoms with van der Waals surface area (Å²) in [4.78, 5) is 10.8. The van der Waals surface area contributed by atoms with Gasteiger partial charge >= 0.3 is 5.97 Å². The summed E-state index contributed by atoms with van der Waals surface area (Å²) in [5.74, 6) is -2.07. The van der Waals surface area contributed by atoms with Crippen LogP contribution in [0.25, 0.3) is 5.57 Å². The summed E-state index contributed by atoms with van der Waals surface area (Å²) >= 11 is 0. The Morgan fingerprint density at radius 2 is 1.88 bits per heavy atom. The Morgan fingerprint density at radius 3 is 2.48 bits per heavy atom. The van der Waals surface area contributed by atoms with Crippen LogP contribution in [-0.2, 0) is 17.8 Å². The van der Waals surface area contributed by atoms with E-state index in [1.165, 1.54) is 6.07 Å². The van der Waals surface area contributed by atoms with Crippen molar-refractivity contribution in [1.29, 1.82) is 0 Å². The molecule has 0 spiro atoms. The number of rotatable bonds is 7. The average molecular weight is 348 g/mol. The number of carbonyl (C=O) groups is 1. The third-order valence-electron chi connectivity index (χ3n) is 3.67. The number of aliphatic carboxylic acids is 1. The zero-order valence-electron chi connectivity index (χ0n) is 13.6. The molecule has 2 rings (SSSR count). The number of halogens is 2. The maximum Gasteiger partial charge on any atom is 0.328 e. The van der Waals surface area contributed by atoms with E-state index in [1.807, 2.05) is 0 Å². The number of allylic oxidation sites excluding steroid dienone is 1. The molecule has 0 aliphatic carbocycles. The Morgan fingerprint density at radius 1 is 1.20 bits per heavy atom. The highest BCUT2D eigenvalue weighted by atomic mass is 19.1. The molecule has 2 N–H and O–H groups in total. The summed E-state index contributed by atoms with van der Waals surface area (Å²) in [6.07, 6.45) is 1.34. The maximum atomic E-state index is 13.7. The minimum Gasteiger partial charge on any atom is -0.488 e. The Kier molecular flexibility index (Phi) is 6.25. The van der Waals surface area contributed by atoms with Gasteiger partial charge < -0.3 is 14.9 Å². The lowest BCUT2D eigenvalue weighted by Gasteiger charge is -2.14. The van der Waals surface area contributed by atoms with Crippen LogP contribution in [0.15, 0.2) is 42.5 Å². The normalized spacial score (nSPS) is 11.4. The van der Waals surface area contributed by atoms with Crippen molar-refractivity contribution in [3.05, 3.63) is 70.8 Å². The van der Waals surface area contributed by atoms with Gasteiger partial charge in [0, 0.05) is 12.7 Å². The van der Waals surface area contributed by atoms with Crippen LogP contribution in [0.2, 0.25) is 0 Å². The van der Waals surface area contributed by atoms with Crippen LogP contribution in [0.5, 0.6) is 5.75 Å². The van der Waals surface area contributed by atoms with Crippen LogP contribution >= 0.6 is 0 Å². The molecule has 0 aliphatic heterocycles. The third kappa shape index (κ3) is 4.87. The van der Waals surface area contributed by atoms with Gasteiger partial charge in [-0.1, -0.05) is 12.1 Å². The monoisotopic (exact) mass is 348 g/mol. The molecule has 0 fully saturated rings. The van der Waals surface area contributed by atoms with Crippen LogP contribution < -0.4 is 4.74 Å². The fourth-order valence-electron chi connectivity index (χ4n) is 2.37. The fraction of sp³-hybridized carbons (Fsp3) is 0.211. The highest BCUT2D eigenvalue weighted by molar-refractivity contribution is 5.89. The van der Waals surface area contributed by atoms with E-state index in [2.05, 4.69) is 0 Å². The van der Waals surface area contributed by atoms with Crippen LogP contribution in [0.4, 0.5) is 8.78 Å². The molecule has 0 aliphatic rings. The van der Waals surface area contributed by atoms with E-state index in [0.717, 1.165) is 18.2 Å². The van der Waals surface area contributed by atoms with E-state index in [9.17, 15) is 18.7 Å². The van der Waals surface area contributed by atoms with E-state index in [0.29, 0.717) is 22.4 Å². The number of hydrogen-bond donors (Lipinski definition) is 2. The molecule has 4 nitrogen and oxygen atoms in total. The smallest absolute Gasteiger partial charge is 0.328 e. The van der Waals surface area contributed by atoms with Crippen LogP contribution in [0.1, 0.15) is 23.6 Å². The lowest BCUT2D eigenvalue weighted by Crippen LogP contribution is -2.05. The second-order valence-electron chi connectivity index (χ2n) is 5.45. The fourth-order valence-corrected chi connectivity index (χ4v) is 2.37. The molecule has 132 valence electrons. The first-order valence-corrected chi connectivity index (χ1v) is 7.63. The maximum absolute atomic E-state index is 13.7. The quantitative estimate of drug-likeness (QED) is 0.751. The minimum atomic E-state index is -1.06. The van der Waals surface area contributed by atoms with Crippen LogP contribution in [0, 0.1) is 11.6 Å². The second-order valence-corrected chi connectivity index (χ2v) is 5.45. The molecule has 0 saturated carbocycles. The van der Waals surface area contributed by atoms with Crippen LogP contribution in [-0.4, -0.2) is 22.8 Å². The molecule has 0 heterocycles. The summed E-state index contributed by atoms with van der Waals surface area (Å²) in [5, 5.41) is 18.0. The van der Waals surface area contributed by atoms with E-state index in [4.69, 9.17) is 9.84 Å². The largest absolute Gasteiger partial charge is 0.488 e. The molecule has 0 unspecified atom stereocenters. The zero-order valence-corrected chi connectivity index (χ0v) is 13.6. The summed E-state index contributed by atoms with van der Waals surface area (Å²) < 4.78 is 32.9. The van der Waals surface area contributed by atoms with E-state index in [1.54, 1.807) is 25.1 Å². The molecular formula is C19H18F2O4. The summed E-state index contributed by atoms with van der Waals surface area (Å²) in [6, 6.07) is 8.52. The van der Waals surface area contributed by atoms with Crippen LogP contribution in [0.3, 0.4) is 0 Å². The highest BCUT2D eigenvalue weighted by Gasteiger charge is 2.12. The zero-order chi connectivity index (χ0) is 18.4. The van der Waals surface area contributed by atoms with Crippen molar-refractivity contribution in [2.24, 2.45) is 0 Å². The predicted molar refractivity (Wildman–Crippen MR) is 89.2 cm³/mol. The standard InChI is InChI=1S/C19H18F2O4/c1-12(9-19(23)24)13-5-6-18(14(10-13)7-8-22)25-11-15-16(20)3-2-4-17(15)21/h2-6,9-10,22H,7-8,11H2,1H3,(H,23,24)/b12-9+. The predicted octanol–water partition coefficient (Wildman–Crippen LogP) is 3.57. The first-order chi connectivity index (χ1) is 11.9. The first kappa shape index (κ1) is 18.6. The van der Waals surface area contributed by atoms with Gasteiger partial charge in [-0.25, -0.2) is 13.6 Å². The molecule has 0 amide bonds. The molecule has 6 heteroatoms. The third-order valence-corrected chi connectivity index (χ3v) is 3.67. The van der Waals surface area contributed by atoms with Gasteiger partial charge in [-0.15, -0.1) is 0 Å². The lowest BCUT2D eigenvalue weighted by atomic mass is 10.0. The summed E-state index contributed by atoms with van der Waals surface area (Å²) in [7, 11) is 0. The number of ether oxygens (including phenoxy) is 1. The second kappa shape index (κ2) is 8.39. The summed E-state index contributed by atoms with van der Waals surface area (Å²) in [6.45, 7) is 1.22. The number of carboxylic acids is 1. The molecule has 2 aromatic carbocycles. The van der Waals surface area contributed by atoms with E-state index < -0.39 is 17.6 Å². The Balaban J connectivity index is 2.27. The molecular weight excluding hydrogens is 330 g/mol. The Bertz CT molecular complexity index is 780. The Labute approximate surface area is 144 Å². The number of aliphatic hydroxyl groups excluding tert-OH is 1. The van der Waals surface area contributed by atoms with E-state index in [-0.39, 0.29) is 25.2 Å². The molecule has 0 radical (unpaired) electrons. The number of benzene rings is 2. The number of aliphatic hydroxyl groups is 1. The number of carboxylic acid groups (broad SMARTS) is 1. The average Bonchev–Trinajstić information content (AvgIpc) is 2.55. The molecule has 25 heavy (non-hydrogen) atoms. The van der Waals surface area contributed by atoms with Gasteiger partial charge in [-0.3, -0.25) is 0 Å². The van der Waals surface area contributed by atoms with E-state index >= 15 is 0 Å². The SMILES string of the molecule is C/C(=C\C(=O)O)c1ccc(OCc2c(F)cccc2F)c(CCO)c1. The first-order valence-electron chi connectivity index (χ1n) is 7.63. The molecule has 2 aromatic rings. The highest BCUT2D eigenvalue weighted by Crippen LogP contribution is 2.26. The van der Waals surface area contributed by atoms with Crippen molar-refractivity contribution < 1.29 is 28.5 Å². The van der Waals surface area contributed by atoms with Crippen molar-refractivity contribution in [2.75, 3.05) is 6.61 Å². The minimum absolute atomic E-state index is 0.143.